The van der Waals surface area contributed by atoms with E-state index >= 15 is 0 Å². The Morgan fingerprint density at radius 1 is 1.19 bits per heavy atom. The molecule has 0 fully saturated rings. The van der Waals surface area contributed by atoms with E-state index in [2.05, 4.69) is 4.98 Å². The van der Waals surface area contributed by atoms with Gasteiger partial charge in [0, 0.05) is 23.2 Å². The maximum Gasteiger partial charge on any atom is 0.164 e. The number of aromatic nitrogens is 1. The average Bonchev–Trinajstić information content (AvgIpc) is 2.29. The first-order valence-corrected chi connectivity index (χ1v) is 5.22. The van der Waals surface area contributed by atoms with E-state index in [0.717, 1.165) is 22.2 Å². The number of pyridine rings is 1. The lowest BCUT2D eigenvalue weighted by Gasteiger charge is -2.12. The summed E-state index contributed by atoms with van der Waals surface area (Å²) in [7, 11) is 3.23. The van der Waals surface area contributed by atoms with Crippen LogP contribution >= 0.6 is 11.6 Å². The van der Waals surface area contributed by atoms with Crippen LogP contribution in [0.15, 0.2) is 18.3 Å². The van der Waals surface area contributed by atoms with Gasteiger partial charge in [0.25, 0.3) is 0 Å². The molecule has 84 valence electrons. The Morgan fingerprint density at radius 3 is 2.56 bits per heavy atom. The molecule has 0 N–H and O–H groups in total. The van der Waals surface area contributed by atoms with Crippen LogP contribution in [0.3, 0.4) is 0 Å². The van der Waals surface area contributed by atoms with Crippen LogP contribution in [-0.4, -0.2) is 19.2 Å². The summed E-state index contributed by atoms with van der Waals surface area (Å²) in [6.45, 7) is 1.96. The zero-order valence-corrected chi connectivity index (χ0v) is 10.1. The van der Waals surface area contributed by atoms with E-state index < -0.39 is 0 Å². The molecule has 0 unspecified atom stereocenters. The summed E-state index contributed by atoms with van der Waals surface area (Å²) >= 11 is 5.93. The molecule has 2 aromatic rings. The van der Waals surface area contributed by atoms with Crippen LogP contribution in [0.5, 0.6) is 11.5 Å². The Bertz CT molecular complexity index is 540. The van der Waals surface area contributed by atoms with Gasteiger partial charge in [-0.1, -0.05) is 11.6 Å². The molecule has 1 heterocycles. The van der Waals surface area contributed by atoms with Crippen molar-refractivity contribution < 1.29 is 9.47 Å². The Labute approximate surface area is 99.0 Å². The molecule has 0 amide bonds. The van der Waals surface area contributed by atoms with Gasteiger partial charge in [0.2, 0.25) is 0 Å². The molecule has 0 spiro atoms. The normalized spacial score (nSPS) is 10.5. The zero-order chi connectivity index (χ0) is 11.7. The highest BCUT2D eigenvalue weighted by atomic mass is 35.5. The number of nitrogens with zero attached hydrogens (tertiary/aromatic N) is 1. The predicted molar refractivity (Wildman–Crippen MR) is 64.6 cm³/mol. The van der Waals surface area contributed by atoms with Gasteiger partial charge in [-0.25, -0.2) is 0 Å². The molecule has 0 saturated carbocycles. The summed E-state index contributed by atoms with van der Waals surface area (Å²) in [5.41, 5.74) is 1.83. The Morgan fingerprint density at radius 2 is 1.94 bits per heavy atom. The number of hydrogen-bond donors (Lipinski definition) is 0. The summed E-state index contributed by atoms with van der Waals surface area (Å²) < 4.78 is 10.6. The van der Waals surface area contributed by atoms with Crippen LogP contribution in [-0.2, 0) is 0 Å². The van der Waals surface area contributed by atoms with E-state index in [4.69, 9.17) is 21.1 Å². The lowest BCUT2D eigenvalue weighted by molar-refractivity contribution is 0.354. The fourth-order valence-corrected chi connectivity index (χ4v) is 1.93. The van der Waals surface area contributed by atoms with Gasteiger partial charge in [-0.3, -0.25) is 4.98 Å². The van der Waals surface area contributed by atoms with Gasteiger partial charge in [-0.05, 0) is 13.0 Å². The first-order valence-electron chi connectivity index (χ1n) is 4.84. The molecule has 0 aliphatic rings. The maximum absolute atomic E-state index is 5.93. The van der Waals surface area contributed by atoms with Crippen molar-refractivity contribution in [2.24, 2.45) is 0 Å². The van der Waals surface area contributed by atoms with Crippen LogP contribution in [0.2, 0.25) is 5.02 Å². The average molecular weight is 238 g/mol. The Hall–Kier alpha value is -1.48. The van der Waals surface area contributed by atoms with Gasteiger partial charge >= 0.3 is 0 Å². The largest absolute Gasteiger partial charge is 0.493 e. The van der Waals surface area contributed by atoms with E-state index in [-0.39, 0.29) is 0 Å². The number of hydrogen-bond acceptors (Lipinski definition) is 3. The standard InChI is InChI=1S/C12H12ClNO2/c1-7-9-4-8(13)6-14-10(9)5-11(15-2)12(7)16-3/h4-6H,1-3H3. The number of ether oxygens (including phenoxy) is 2. The monoisotopic (exact) mass is 237 g/mol. The molecule has 4 heteroatoms. The minimum Gasteiger partial charge on any atom is -0.493 e. The molecule has 3 nitrogen and oxygen atoms in total. The van der Waals surface area contributed by atoms with Gasteiger partial charge in [0.1, 0.15) is 0 Å². The van der Waals surface area contributed by atoms with E-state index in [9.17, 15) is 0 Å². The number of benzene rings is 1. The summed E-state index contributed by atoms with van der Waals surface area (Å²) in [5, 5.41) is 1.59. The van der Waals surface area contributed by atoms with Crippen LogP contribution < -0.4 is 9.47 Å². The van der Waals surface area contributed by atoms with Crippen LogP contribution in [0, 0.1) is 6.92 Å². The third-order valence-corrected chi connectivity index (χ3v) is 2.75. The number of rotatable bonds is 2. The number of methoxy groups -OCH3 is 2. The molecule has 0 atom stereocenters. The molecule has 0 aliphatic carbocycles. The number of aryl methyl sites for hydroxylation is 1. The van der Waals surface area contributed by atoms with Crippen molar-refractivity contribution in [1.29, 1.82) is 0 Å². The molecule has 0 saturated heterocycles. The molecule has 0 radical (unpaired) electrons. The molecule has 1 aromatic heterocycles. The quantitative estimate of drug-likeness (QED) is 0.804. The highest BCUT2D eigenvalue weighted by Gasteiger charge is 2.12. The highest BCUT2D eigenvalue weighted by molar-refractivity contribution is 6.31. The molecule has 0 bridgehead atoms. The van der Waals surface area contributed by atoms with E-state index in [1.165, 1.54) is 0 Å². The Balaban J connectivity index is 2.82. The summed E-state index contributed by atoms with van der Waals surface area (Å²) in [5.74, 6) is 1.40. The van der Waals surface area contributed by atoms with E-state index in [0.29, 0.717) is 10.8 Å². The van der Waals surface area contributed by atoms with Crippen LogP contribution in [0.25, 0.3) is 10.9 Å². The number of fused-ring (bicyclic) bond motifs is 1. The topological polar surface area (TPSA) is 31.4 Å². The van der Waals surface area contributed by atoms with Gasteiger partial charge in [-0.2, -0.15) is 0 Å². The summed E-state index contributed by atoms with van der Waals surface area (Å²) in [6.07, 6.45) is 1.62. The van der Waals surface area contributed by atoms with Crippen molar-refractivity contribution >= 4 is 22.5 Å². The molecule has 2 rings (SSSR count). The second-order valence-electron chi connectivity index (χ2n) is 3.46. The van der Waals surface area contributed by atoms with Crippen molar-refractivity contribution in [3.05, 3.63) is 28.9 Å². The third kappa shape index (κ3) is 1.67. The first kappa shape index (κ1) is 11.0. The zero-order valence-electron chi connectivity index (χ0n) is 9.37. The van der Waals surface area contributed by atoms with Crippen molar-refractivity contribution in [3.63, 3.8) is 0 Å². The molecular weight excluding hydrogens is 226 g/mol. The van der Waals surface area contributed by atoms with Gasteiger partial charge in [0.15, 0.2) is 11.5 Å². The van der Waals surface area contributed by atoms with Crippen molar-refractivity contribution in [3.8, 4) is 11.5 Å². The van der Waals surface area contributed by atoms with Gasteiger partial charge in [-0.15, -0.1) is 0 Å². The molecule has 1 aromatic carbocycles. The minimum absolute atomic E-state index is 0.614. The van der Waals surface area contributed by atoms with Crippen molar-refractivity contribution in [1.82, 2.24) is 4.98 Å². The summed E-state index contributed by atoms with van der Waals surface area (Å²) in [4.78, 5) is 4.26. The third-order valence-electron chi connectivity index (χ3n) is 2.55. The van der Waals surface area contributed by atoms with E-state index in [1.54, 1.807) is 20.4 Å². The molecule has 16 heavy (non-hydrogen) atoms. The molecular formula is C12H12ClNO2. The van der Waals surface area contributed by atoms with Crippen molar-refractivity contribution in [2.45, 2.75) is 6.92 Å². The minimum atomic E-state index is 0.614. The lowest BCUT2D eigenvalue weighted by atomic mass is 10.1. The summed E-state index contributed by atoms with van der Waals surface area (Å²) in [6, 6.07) is 3.72. The van der Waals surface area contributed by atoms with Gasteiger partial charge in [0.05, 0.1) is 24.8 Å². The maximum atomic E-state index is 5.93. The van der Waals surface area contributed by atoms with Gasteiger partial charge < -0.3 is 9.47 Å². The number of halogens is 1. The smallest absolute Gasteiger partial charge is 0.164 e. The molecule has 0 aliphatic heterocycles. The fourth-order valence-electron chi connectivity index (χ4n) is 1.77. The van der Waals surface area contributed by atoms with Crippen LogP contribution in [0.4, 0.5) is 0 Å². The second-order valence-corrected chi connectivity index (χ2v) is 3.89. The Kier molecular flexibility index (Phi) is 2.88. The second kappa shape index (κ2) is 4.18. The lowest BCUT2D eigenvalue weighted by Crippen LogP contribution is -1.95. The fraction of sp³-hybridized carbons (Fsp3) is 0.250. The predicted octanol–water partition coefficient (Wildman–Crippen LogP) is 3.21. The first-order chi connectivity index (χ1) is 7.67. The van der Waals surface area contributed by atoms with E-state index in [1.807, 2.05) is 19.1 Å². The SMILES string of the molecule is COc1cc2ncc(Cl)cc2c(C)c1OC. The van der Waals surface area contributed by atoms with Crippen LogP contribution in [0.1, 0.15) is 5.56 Å². The highest BCUT2D eigenvalue weighted by Crippen LogP contribution is 2.36. The van der Waals surface area contributed by atoms with Crippen molar-refractivity contribution in [2.75, 3.05) is 14.2 Å².